The maximum atomic E-state index is 11.8. The second kappa shape index (κ2) is 15.7. The molecule has 134 valence electrons. The van der Waals surface area contributed by atoms with Crippen molar-refractivity contribution in [2.75, 3.05) is 6.61 Å². The first-order chi connectivity index (χ1) is 9.93. The first-order valence-corrected chi connectivity index (χ1v) is 9.29. The highest BCUT2D eigenvalue weighted by molar-refractivity contribution is 7.81. The molecular weight excluding hydrogens is 294 g/mol. The first-order valence-electron chi connectivity index (χ1n) is 8.78. The van der Waals surface area contributed by atoms with E-state index < -0.39 is 0 Å². The molecule has 3 N–H and O–H groups in total. The van der Waals surface area contributed by atoms with Crippen molar-refractivity contribution in [2.24, 2.45) is 11.8 Å². The minimum absolute atomic E-state index is 0. The van der Waals surface area contributed by atoms with Gasteiger partial charge in [0.15, 0.2) is 0 Å². The van der Waals surface area contributed by atoms with Gasteiger partial charge in [0.25, 0.3) is 0 Å². The summed E-state index contributed by atoms with van der Waals surface area (Å²) in [5, 5.41) is -0.236. The van der Waals surface area contributed by atoms with Gasteiger partial charge in [-0.15, -0.1) is 0 Å². The van der Waals surface area contributed by atoms with Crippen LogP contribution in [0.1, 0.15) is 85.5 Å². The molecule has 0 rings (SSSR count). The Balaban J connectivity index is 0. The fourth-order valence-corrected chi connectivity index (χ4v) is 2.54. The summed E-state index contributed by atoms with van der Waals surface area (Å²) in [7, 11) is 0. The molecule has 0 heterocycles. The van der Waals surface area contributed by atoms with Crippen molar-refractivity contribution in [1.29, 1.82) is 0 Å². The van der Waals surface area contributed by atoms with Crippen molar-refractivity contribution in [3.05, 3.63) is 0 Å². The number of thiol groups is 1. The number of rotatable bonds is 13. The highest BCUT2D eigenvalue weighted by Crippen LogP contribution is 2.14. The van der Waals surface area contributed by atoms with Gasteiger partial charge in [0.1, 0.15) is 0 Å². The van der Waals surface area contributed by atoms with E-state index >= 15 is 0 Å². The van der Waals surface area contributed by atoms with Gasteiger partial charge in [-0.3, -0.25) is 4.79 Å². The van der Waals surface area contributed by atoms with Crippen LogP contribution in [0.15, 0.2) is 0 Å². The first kappa shape index (κ1) is 24.0. The van der Waals surface area contributed by atoms with Crippen LogP contribution >= 0.6 is 12.6 Å². The van der Waals surface area contributed by atoms with E-state index in [0.717, 1.165) is 37.5 Å². The summed E-state index contributed by atoms with van der Waals surface area (Å²) in [6.45, 7) is 9.54. The molecule has 0 spiro atoms. The second-order valence-electron chi connectivity index (χ2n) is 6.96. The van der Waals surface area contributed by atoms with E-state index in [2.05, 4.69) is 40.3 Å². The third kappa shape index (κ3) is 16.2. The lowest BCUT2D eigenvalue weighted by Crippen LogP contribution is -2.18. The molecule has 22 heavy (non-hydrogen) atoms. The normalized spacial score (nSPS) is 12.3. The molecule has 1 atom stereocenters. The average Bonchev–Trinajstić information content (AvgIpc) is 2.41. The molecule has 0 fully saturated rings. The molecular formula is C18H39NO2S. The van der Waals surface area contributed by atoms with E-state index in [1.165, 1.54) is 32.1 Å². The predicted molar refractivity (Wildman–Crippen MR) is 100.0 cm³/mol. The molecule has 1 unspecified atom stereocenters. The molecule has 0 aromatic heterocycles. The van der Waals surface area contributed by atoms with E-state index in [-0.39, 0.29) is 17.4 Å². The van der Waals surface area contributed by atoms with Crippen LogP contribution in [-0.4, -0.2) is 17.8 Å². The molecule has 4 heteroatoms. The Morgan fingerprint density at radius 1 is 0.818 bits per heavy atom. The third-order valence-electron chi connectivity index (χ3n) is 3.70. The van der Waals surface area contributed by atoms with Crippen LogP contribution in [0.3, 0.4) is 0 Å². The summed E-state index contributed by atoms with van der Waals surface area (Å²) in [6.07, 6.45) is 10.3. The van der Waals surface area contributed by atoms with Gasteiger partial charge >= 0.3 is 5.97 Å². The van der Waals surface area contributed by atoms with E-state index in [4.69, 9.17) is 4.74 Å². The number of ether oxygens (including phenoxy) is 1. The predicted octanol–water partition coefficient (Wildman–Crippen LogP) is 5.81. The zero-order chi connectivity index (χ0) is 16.1. The molecule has 0 radical (unpaired) electrons. The van der Waals surface area contributed by atoms with E-state index in [1.54, 1.807) is 0 Å². The van der Waals surface area contributed by atoms with Crippen LogP contribution in [0, 0.1) is 11.8 Å². The summed E-state index contributed by atoms with van der Waals surface area (Å²) in [5.74, 6) is 1.41. The van der Waals surface area contributed by atoms with Crippen LogP contribution in [0.25, 0.3) is 0 Å². The average molecular weight is 334 g/mol. The summed E-state index contributed by atoms with van der Waals surface area (Å²) < 4.78 is 5.29. The summed E-state index contributed by atoms with van der Waals surface area (Å²) >= 11 is 4.36. The lowest BCUT2D eigenvalue weighted by atomic mass is 10.0. The van der Waals surface area contributed by atoms with Gasteiger partial charge in [-0.05, 0) is 24.7 Å². The standard InChI is InChI=1S/C18H36O2S.H3N/c1-15(2)11-7-5-9-13-17(21)18(19)20-14-10-6-8-12-16(3)4;/h15-17,21H,5-14H2,1-4H3;1H3. The van der Waals surface area contributed by atoms with Crippen LogP contribution < -0.4 is 6.15 Å². The van der Waals surface area contributed by atoms with Gasteiger partial charge in [-0.2, -0.15) is 12.6 Å². The number of unbranched alkanes of at least 4 members (excludes halogenated alkanes) is 4. The molecule has 0 aliphatic carbocycles. The Bertz CT molecular complexity index is 257. The molecule has 3 nitrogen and oxygen atoms in total. The van der Waals surface area contributed by atoms with Crippen molar-refractivity contribution in [3.63, 3.8) is 0 Å². The SMILES string of the molecule is CC(C)CCCCCOC(=O)C(S)CCCCCC(C)C.N. The third-order valence-corrected chi connectivity index (χ3v) is 4.17. The largest absolute Gasteiger partial charge is 0.465 e. The van der Waals surface area contributed by atoms with Gasteiger partial charge in [0.2, 0.25) is 0 Å². The molecule has 0 amide bonds. The Morgan fingerprint density at radius 3 is 1.77 bits per heavy atom. The number of carbonyl (C=O) groups is 1. The van der Waals surface area contributed by atoms with Crippen LogP contribution in [-0.2, 0) is 9.53 Å². The molecule has 0 saturated carbocycles. The van der Waals surface area contributed by atoms with Crippen LogP contribution in [0.4, 0.5) is 0 Å². The molecule has 0 aromatic carbocycles. The molecule has 0 saturated heterocycles. The fraction of sp³-hybridized carbons (Fsp3) is 0.944. The maximum Gasteiger partial charge on any atom is 0.318 e. The summed E-state index contributed by atoms with van der Waals surface area (Å²) in [4.78, 5) is 11.8. The lowest BCUT2D eigenvalue weighted by Gasteiger charge is -2.11. The van der Waals surface area contributed by atoms with Crippen molar-refractivity contribution >= 4 is 18.6 Å². The van der Waals surface area contributed by atoms with Crippen molar-refractivity contribution in [1.82, 2.24) is 6.15 Å². The second-order valence-corrected chi connectivity index (χ2v) is 7.58. The molecule has 0 aliphatic rings. The van der Waals surface area contributed by atoms with Gasteiger partial charge in [-0.25, -0.2) is 0 Å². The quantitative estimate of drug-likeness (QED) is 0.254. The smallest absolute Gasteiger partial charge is 0.318 e. The van der Waals surface area contributed by atoms with Gasteiger partial charge in [-0.1, -0.05) is 72.6 Å². The van der Waals surface area contributed by atoms with E-state index in [1.807, 2.05) is 0 Å². The highest BCUT2D eigenvalue weighted by atomic mass is 32.1. The topological polar surface area (TPSA) is 61.3 Å². The summed E-state index contributed by atoms with van der Waals surface area (Å²) in [5.41, 5.74) is 0. The van der Waals surface area contributed by atoms with E-state index in [9.17, 15) is 4.79 Å². The Labute approximate surface area is 144 Å². The Hall–Kier alpha value is -0.220. The minimum atomic E-state index is -0.236. The zero-order valence-electron chi connectivity index (χ0n) is 15.3. The van der Waals surface area contributed by atoms with Crippen molar-refractivity contribution < 1.29 is 9.53 Å². The maximum absolute atomic E-state index is 11.8. The molecule has 0 aromatic rings. The number of hydrogen-bond acceptors (Lipinski definition) is 4. The fourth-order valence-electron chi connectivity index (χ4n) is 2.29. The monoisotopic (exact) mass is 333 g/mol. The minimum Gasteiger partial charge on any atom is -0.465 e. The van der Waals surface area contributed by atoms with Gasteiger partial charge in [0, 0.05) is 0 Å². The summed E-state index contributed by atoms with van der Waals surface area (Å²) in [6, 6.07) is 0. The van der Waals surface area contributed by atoms with Crippen LogP contribution in [0.5, 0.6) is 0 Å². The number of esters is 1. The van der Waals surface area contributed by atoms with Gasteiger partial charge in [0.05, 0.1) is 11.9 Å². The number of carbonyl (C=O) groups excluding carboxylic acids is 1. The molecule has 0 aliphatic heterocycles. The van der Waals surface area contributed by atoms with Gasteiger partial charge < -0.3 is 10.9 Å². The zero-order valence-corrected chi connectivity index (χ0v) is 16.2. The van der Waals surface area contributed by atoms with E-state index in [0.29, 0.717) is 6.61 Å². The highest BCUT2D eigenvalue weighted by Gasteiger charge is 2.14. The Kier molecular flexibility index (Phi) is 17.1. The lowest BCUT2D eigenvalue weighted by molar-refractivity contribution is -0.143. The molecule has 0 bridgehead atoms. The van der Waals surface area contributed by atoms with Crippen molar-refractivity contribution in [3.8, 4) is 0 Å². The van der Waals surface area contributed by atoms with Crippen LogP contribution in [0.2, 0.25) is 0 Å². The Morgan fingerprint density at radius 2 is 1.27 bits per heavy atom. The van der Waals surface area contributed by atoms with Crippen molar-refractivity contribution in [2.45, 2.75) is 90.7 Å². The number of hydrogen-bond donors (Lipinski definition) is 2.